The Bertz CT molecular complexity index is 1180. The average Bonchev–Trinajstić information content (AvgIpc) is 3.11. The van der Waals surface area contributed by atoms with E-state index in [9.17, 15) is 14.0 Å². The number of nitrogens with zero attached hydrogens (tertiary/aromatic N) is 3. The molecule has 1 atom stereocenters. The molecule has 0 aliphatic heterocycles. The summed E-state index contributed by atoms with van der Waals surface area (Å²) in [4.78, 5) is 24.7. The highest BCUT2D eigenvalue weighted by atomic mass is 79.9. The van der Waals surface area contributed by atoms with Crippen molar-refractivity contribution < 1.29 is 14.0 Å². The number of carbonyl (C=O) groups excluding carboxylic acids is 2. The van der Waals surface area contributed by atoms with E-state index in [0.717, 1.165) is 11.8 Å². The summed E-state index contributed by atoms with van der Waals surface area (Å²) in [7, 11) is 1.73. The molecular formula is C20H17BrCl2FN5O2S. The molecule has 3 rings (SSSR count). The number of amides is 2. The summed E-state index contributed by atoms with van der Waals surface area (Å²) in [5, 5.41) is 14.6. The molecule has 2 aromatic carbocycles. The van der Waals surface area contributed by atoms with Crippen molar-refractivity contribution in [2.75, 3.05) is 11.1 Å². The number of anilines is 1. The van der Waals surface area contributed by atoms with Gasteiger partial charge in [0, 0.05) is 17.1 Å². The third kappa shape index (κ3) is 6.00. The van der Waals surface area contributed by atoms with Gasteiger partial charge < -0.3 is 15.2 Å². The minimum atomic E-state index is -0.537. The SMILES string of the molecule is C[C@@H](NC(=O)c1ccc(Cl)c(Cl)c1)c1nnc(SCC(=O)Nc2ccc(Br)cc2F)n1C. The summed E-state index contributed by atoms with van der Waals surface area (Å²) in [6.07, 6.45) is 0. The number of rotatable bonds is 7. The molecule has 0 fully saturated rings. The number of carbonyl (C=O) groups is 2. The summed E-state index contributed by atoms with van der Waals surface area (Å²) in [6, 6.07) is 8.51. The van der Waals surface area contributed by atoms with E-state index in [1.807, 2.05) is 0 Å². The van der Waals surface area contributed by atoms with Crippen LogP contribution in [0.5, 0.6) is 0 Å². The third-order valence-electron chi connectivity index (χ3n) is 4.32. The zero-order valence-corrected chi connectivity index (χ0v) is 20.7. The third-order valence-corrected chi connectivity index (χ3v) is 6.58. The zero-order chi connectivity index (χ0) is 23.4. The van der Waals surface area contributed by atoms with Crippen LogP contribution in [0.2, 0.25) is 10.0 Å². The molecule has 12 heteroatoms. The Hall–Kier alpha value is -2.14. The van der Waals surface area contributed by atoms with E-state index in [1.54, 1.807) is 36.7 Å². The van der Waals surface area contributed by atoms with E-state index in [4.69, 9.17) is 23.2 Å². The first-order chi connectivity index (χ1) is 15.2. The second-order valence-electron chi connectivity index (χ2n) is 6.68. The van der Waals surface area contributed by atoms with Crippen LogP contribution in [-0.4, -0.2) is 32.3 Å². The second-order valence-corrected chi connectivity index (χ2v) is 9.36. The highest BCUT2D eigenvalue weighted by Gasteiger charge is 2.19. The molecule has 1 heterocycles. The van der Waals surface area contributed by atoms with Crippen LogP contribution >= 0.6 is 50.9 Å². The van der Waals surface area contributed by atoms with E-state index < -0.39 is 11.9 Å². The van der Waals surface area contributed by atoms with Crippen LogP contribution in [-0.2, 0) is 11.8 Å². The lowest BCUT2D eigenvalue weighted by Gasteiger charge is -2.14. The maximum absolute atomic E-state index is 13.9. The minimum Gasteiger partial charge on any atom is -0.342 e. The highest BCUT2D eigenvalue weighted by Crippen LogP contribution is 2.24. The molecule has 0 aliphatic rings. The zero-order valence-electron chi connectivity index (χ0n) is 16.8. The molecular weight excluding hydrogens is 544 g/mol. The predicted molar refractivity (Wildman–Crippen MR) is 127 cm³/mol. The van der Waals surface area contributed by atoms with Crippen molar-refractivity contribution in [2.24, 2.45) is 7.05 Å². The summed E-state index contributed by atoms with van der Waals surface area (Å²) in [6.45, 7) is 1.76. The van der Waals surface area contributed by atoms with Gasteiger partial charge in [-0.25, -0.2) is 4.39 Å². The summed E-state index contributed by atoms with van der Waals surface area (Å²) in [5.41, 5.74) is 0.455. The molecule has 0 aliphatic carbocycles. The number of hydrogen-bond donors (Lipinski definition) is 2. The fraction of sp³-hybridized carbons (Fsp3) is 0.200. The van der Waals surface area contributed by atoms with E-state index >= 15 is 0 Å². The fourth-order valence-electron chi connectivity index (χ4n) is 2.72. The summed E-state index contributed by atoms with van der Waals surface area (Å²) >= 11 is 16.2. The molecule has 2 N–H and O–H groups in total. The highest BCUT2D eigenvalue weighted by molar-refractivity contribution is 9.10. The number of hydrogen-bond acceptors (Lipinski definition) is 5. The monoisotopic (exact) mass is 559 g/mol. The van der Waals surface area contributed by atoms with Crippen molar-refractivity contribution in [1.82, 2.24) is 20.1 Å². The Kier molecular flexibility index (Phi) is 8.16. The van der Waals surface area contributed by atoms with Gasteiger partial charge in [0.15, 0.2) is 11.0 Å². The van der Waals surface area contributed by atoms with Gasteiger partial charge in [-0.15, -0.1) is 10.2 Å². The van der Waals surface area contributed by atoms with E-state index in [2.05, 4.69) is 36.8 Å². The molecule has 2 amide bonds. The molecule has 7 nitrogen and oxygen atoms in total. The van der Waals surface area contributed by atoms with Crippen molar-refractivity contribution >= 4 is 68.4 Å². The number of halogens is 4. The maximum Gasteiger partial charge on any atom is 0.251 e. The van der Waals surface area contributed by atoms with Gasteiger partial charge in [0.25, 0.3) is 5.91 Å². The Morgan fingerprint density at radius 2 is 1.94 bits per heavy atom. The average molecular weight is 561 g/mol. The van der Waals surface area contributed by atoms with Crippen molar-refractivity contribution in [3.8, 4) is 0 Å². The van der Waals surface area contributed by atoms with E-state index in [1.165, 1.54) is 18.2 Å². The van der Waals surface area contributed by atoms with E-state index in [-0.39, 0.29) is 28.3 Å². The molecule has 32 heavy (non-hydrogen) atoms. The molecule has 0 saturated heterocycles. The molecule has 0 radical (unpaired) electrons. The van der Waals surface area contributed by atoms with Gasteiger partial charge >= 0.3 is 0 Å². The summed E-state index contributed by atoms with van der Waals surface area (Å²) in [5.74, 6) is -0.762. The Morgan fingerprint density at radius 1 is 1.19 bits per heavy atom. The first-order valence-electron chi connectivity index (χ1n) is 9.18. The summed E-state index contributed by atoms with van der Waals surface area (Å²) < 4.78 is 16.1. The van der Waals surface area contributed by atoms with Gasteiger partial charge in [0.2, 0.25) is 5.91 Å². The lowest BCUT2D eigenvalue weighted by atomic mass is 10.2. The second kappa shape index (κ2) is 10.7. The predicted octanol–water partition coefficient (Wildman–Crippen LogP) is 5.25. The van der Waals surface area contributed by atoms with Crippen LogP contribution in [0.3, 0.4) is 0 Å². The normalized spacial score (nSPS) is 11.8. The number of thioether (sulfide) groups is 1. The van der Waals surface area contributed by atoms with Crippen molar-refractivity contribution in [2.45, 2.75) is 18.1 Å². The van der Waals surface area contributed by atoms with Gasteiger partial charge in [0.05, 0.1) is 27.5 Å². The fourth-order valence-corrected chi connectivity index (χ4v) is 4.07. The van der Waals surface area contributed by atoms with E-state index in [0.29, 0.717) is 26.0 Å². The quantitative estimate of drug-likeness (QED) is 0.385. The molecule has 0 bridgehead atoms. The number of aromatic nitrogens is 3. The minimum absolute atomic E-state index is 0.00545. The number of nitrogens with one attached hydrogen (secondary N) is 2. The van der Waals surface area contributed by atoms with Crippen molar-refractivity contribution in [3.63, 3.8) is 0 Å². The van der Waals surface area contributed by atoms with Gasteiger partial charge in [-0.3, -0.25) is 9.59 Å². The van der Waals surface area contributed by atoms with Crippen molar-refractivity contribution in [3.05, 3.63) is 68.1 Å². The van der Waals surface area contributed by atoms with Crippen LogP contribution in [0, 0.1) is 5.82 Å². The van der Waals surface area contributed by atoms with Crippen molar-refractivity contribution in [1.29, 1.82) is 0 Å². The number of benzene rings is 2. The lowest BCUT2D eigenvalue weighted by molar-refractivity contribution is -0.113. The standard InChI is InChI=1S/C20H17BrCl2FN5O2S/c1-10(25-19(31)11-3-5-13(22)14(23)7-11)18-27-28-20(29(18)2)32-9-17(30)26-16-6-4-12(21)8-15(16)24/h3-8,10H,9H2,1-2H3,(H,25,31)(H,26,30)/t10-/m1/s1. The first-order valence-corrected chi connectivity index (χ1v) is 11.7. The largest absolute Gasteiger partial charge is 0.342 e. The maximum atomic E-state index is 13.9. The molecule has 0 unspecified atom stereocenters. The molecule has 1 aromatic heterocycles. The Labute approximate surface area is 206 Å². The van der Waals surface area contributed by atoms with Gasteiger partial charge in [-0.05, 0) is 43.3 Å². The van der Waals surface area contributed by atoms with Gasteiger partial charge in [-0.1, -0.05) is 50.9 Å². The molecule has 3 aromatic rings. The van der Waals surface area contributed by atoms with Crippen LogP contribution in [0.15, 0.2) is 46.0 Å². The van der Waals surface area contributed by atoms with Crippen LogP contribution in [0.25, 0.3) is 0 Å². The Balaban J connectivity index is 1.59. The van der Waals surface area contributed by atoms with Crippen LogP contribution < -0.4 is 10.6 Å². The molecule has 168 valence electrons. The molecule has 0 saturated carbocycles. The van der Waals surface area contributed by atoms with Gasteiger partial charge in [-0.2, -0.15) is 0 Å². The Morgan fingerprint density at radius 3 is 2.62 bits per heavy atom. The van der Waals surface area contributed by atoms with Crippen LogP contribution in [0.1, 0.15) is 29.1 Å². The topological polar surface area (TPSA) is 88.9 Å². The lowest BCUT2D eigenvalue weighted by Crippen LogP contribution is -2.28. The van der Waals surface area contributed by atoms with Crippen LogP contribution in [0.4, 0.5) is 10.1 Å². The first kappa shape index (κ1) is 24.5. The smallest absolute Gasteiger partial charge is 0.251 e. The molecule has 0 spiro atoms. The van der Waals surface area contributed by atoms with Gasteiger partial charge in [0.1, 0.15) is 5.82 Å².